The molecular weight excluding hydrogens is 232 g/mol. The first-order valence-corrected chi connectivity index (χ1v) is 4.68. The van der Waals surface area contributed by atoms with Gasteiger partial charge in [-0.15, -0.1) is 0 Å². The second-order valence-corrected chi connectivity index (χ2v) is 2.96. The van der Waals surface area contributed by atoms with E-state index in [9.17, 15) is 14.4 Å². The molecule has 0 heterocycles. The van der Waals surface area contributed by atoms with E-state index < -0.39 is 30.9 Å². The molecule has 0 spiro atoms. The van der Waals surface area contributed by atoms with Crippen molar-refractivity contribution < 1.29 is 33.7 Å². The van der Waals surface area contributed by atoms with Crippen LogP contribution in [0.3, 0.4) is 0 Å². The molecule has 0 fully saturated rings. The summed E-state index contributed by atoms with van der Waals surface area (Å²) >= 11 is 0. The highest BCUT2D eigenvalue weighted by Gasteiger charge is 2.14. The monoisotopic (exact) mass is 246 g/mol. The lowest BCUT2D eigenvalue weighted by atomic mass is 10.2. The Morgan fingerprint density at radius 1 is 1.18 bits per heavy atom. The molecule has 0 atom stereocenters. The summed E-state index contributed by atoms with van der Waals surface area (Å²) in [6.45, 7) is 2.94. The van der Waals surface area contributed by atoms with Crippen LogP contribution in [-0.2, 0) is 28.6 Å². The number of carbonyl (C=O) groups is 3. The van der Waals surface area contributed by atoms with Gasteiger partial charge in [0.05, 0.1) is 13.0 Å². The summed E-state index contributed by atoms with van der Waals surface area (Å²) in [6.07, 6.45) is -0.530. The Balaban J connectivity index is 3.79. The maximum Gasteiger partial charge on any atom is 0.344 e. The molecule has 7 heteroatoms. The number of rotatable bonds is 8. The number of ether oxygens (including phenoxy) is 3. The number of hydrogen-bond donors (Lipinski definition) is 1. The molecule has 0 radical (unpaired) electrons. The van der Waals surface area contributed by atoms with Gasteiger partial charge in [-0.25, -0.2) is 9.59 Å². The second kappa shape index (κ2) is 8.28. The SMILES string of the molecule is C=C(CC(=O)O)C(=O)OCC(=O)OCCOC. The lowest BCUT2D eigenvalue weighted by molar-refractivity contribution is -0.157. The van der Waals surface area contributed by atoms with Crippen molar-refractivity contribution in [3.63, 3.8) is 0 Å². The zero-order chi connectivity index (χ0) is 13.3. The van der Waals surface area contributed by atoms with Crippen LogP contribution in [0.5, 0.6) is 0 Å². The van der Waals surface area contributed by atoms with Gasteiger partial charge < -0.3 is 19.3 Å². The van der Waals surface area contributed by atoms with Crippen LogP contribution in [0.25, 0.3) is 0 Å². The minimum Gasteiger partial charge on any atom is -0.481 e. The normalized spacial score (nSPS) is 9.47. The average molecular weight is 246 g/mol. The first-order chi connectivity index (χ1) is 7.97. The van der Waals surface area contributed by atoms with Crippen molar-refractivity contribution in [2.24, 2.45) is 0 Å². The number of carbonyl (C=O) groups excluding carboxylic acids is 2. The molecule has 0 aromatic carbocycles. The van der Waals surface area contributed by atoms with E-state index in [4.69, 9.17) is 5.11 Å². The Kier molecular flexibility index (Phi) is 7.36. The Bertz CT molecular complexity index is 308. The average Bonchev–Trinajstić information content (AvgIpc) is 2.25. The number of aliphatic carboxylic acids is 1. The topological polar surface area (TPSA) is 99.1 Å². The number of carboxylic acids is 1. The van der Waals surface area contributed by atoms with Gasteiger partial charge in [0.15, 0.2) is 6.61 Å². The predicted molar refractivity (Wildman–Crippen MR) is 55.2 cm³/mol. The van der Waals surface area contributed by atoms with Gasteiger partial charge in [-0.05, 0) is 0 Å². The molecule has 96 valence electrons. The quantitative estimate of drug-likeness (QED) is 0.358. The van der Waals surface area contributed by atoms with Crippen molar-refractivity contribution in [3.05, 3.63) is 12.2 Å². The first kappa shape index (κ1) is 15.1. The molecule has 17 heavy (non-hydrogen) atoms. The number of esters is 2. The predicted octanol–water partition coefficient (Wildman–Crippen LogP) is -0.250. The largest absolute Gasteiger partial charge is 0.481 e. The Morgan fingerprint density at radius 3 is 2.35 bits per heavy atom. The molecule has 0 amide bonds. The van der Waals surface area contributed by atoms with Crippen LogP contribution in [0.4, 0.5) is 0 Å². The molecule has 0 saturated carbocycles. The summed E-state index contributed by atoms with van der Waals surface area (Å²) in [4.78, 5) is 32.3. The molecule has 0 rings (SSSR count). The number of carboxylic acid groups (broad SMARTS) is 1. The summed E-state index contributed by atoms with van der Waals surface area (Å²) in [5.74, 6) is -2.87. The molecule has 0 aromatic rings. The van der Waals surface area contributed by atoms with E-state index in [0.717, 1.165) is 0 Å². The molecule has 0 unspecified atom stereocenters. The van der Waals surface area contributed by atoms with E-state index in [0.29, 0.717) is 0 Å². The third-order valence-electron chi connectivity index (χ3n) is 1.52. The zero-order valence-electron chi connectivity index (χ0n) is 9.43. The van der Waals surface area contributed by atoms with Crippen LogP contribution in [0.2, 0.25) is 0 Å². The van der Waals surface area contributed by atoms with Gasteiger partial charge in [0.2, 0.25) is 0 Å². The van der Waals surface area contributed by atoms with E-state index in [1.807, 2.05) is 0 Å². The van der Waals surface area contributed by atoms with Crippen molar-refractivity contribution in [1.82, 2.24) is 0 Å². The molecule has 0 aliphatic carbocycles. The van der Waals surface area contributed by atoms with Crippen molar-refractivity contribution in [3.8, 4) is 0 Å². The fourth-order valence-corrected chi connectivity index (χ4v) is 0.762. The summed E-state index contributed by atoms with van der Waals surface area (Å²) in [5, 5.41) is 8.38. The van der Waals surface area contributed by atoms with Gasteiger partial charge in [-0.2, -0.15) is 0 Å². The van der Waals surface area contributed by atoms with Gasteiger partial charge in [-0.3, -0.25) is 4.79 Å². The van der Waals surface area contributed by atoms with Gasteiger partial charge in [0, 0.05) is 12.7 Å². The van der Waals surface area contributed by atoms with E-state index in [2.05, 4.69) is 20.8 Å². The van der Waals surface area contributed by atoms with Crippen LogP contribution in [0, 0.1) is 0 Å². The summed E-state index contributed by atoms with van der Waals surface area (Å²) in [6, 6.07) is 0. The van der Waals surface area contributed by atoms with Crippen LogP contribution in [0.1, 0.15) is 6.42 Å². The van der Waals surface area contributed by atoms with E-state index >= 15 is 0 Å². The summed E-state index contributed by atoms with van der Waals surface area (Å²) in [5.41, 5.74) is -0.234. The smallest absolute Gasteiger partial charge is 0.344 e. The third kappa shape index (κ3) is 7.97. The third-order valence-corrected chi connectivity index (χ3v) is 1.52. The van der Waals surface area contributed by atoms with Gasteiger partial charge in [-0.1, -0.05) is 6.58 Å². The molecule has 0 bridgehead atoms. The highest BCUT2D eigenvalue weighted by molar-refractivity contribution is 5.93. The Hall–Kier alpha value is -1.89. The van der Waals surface area contributed by atoms with E-state index in [1.165, 1.54) is 7.11 Å². The Labute approximate surface area is 98.0 Å². The fraction of sp³-hybridized carbons (Fsp3) is 0.500. The molecule has 0 saturated heterocycles. The van der Waals surface area contributed by atoms with Crippen molar-refractivity contribution in [1.29, 1.82) is 0 Å². The van der Waals surface area contributed by atoms with Crippen LogP contribution in [-0.4, -0.2) is 49.9 Å². The van der Waals surface area contributed by atoms with Crippen LogP contribution < -0.4 is 0 Å². The lowest BCUT2D eigenvalue weighted by Gasteiger charge is -2.06. The van der Waals surface area contributed by atoms with Gasteiger partial charge in [0.25, 0.3) is 0 Å². The van der Waals surface area contributed by atoms with Gasteiger partial charge in [0.1, 0.15) is 6.61 Å². The maximum absolute atomic E-state index is 11.1. The summed E-state index contributed by atoms with van der Waals surface area (Å²) in [7, 11) is 1.45. The zero-order valence-corrected chi connectivity index (χ0v) is 9.43. The van der Waals surface area contributed by atoms with Crippen molar-refractivity contribution in [2.75, 3.05) is 26.9 Å². The van der Waals surface area contributed by atoms with Crippen LogP contribution in [0.15, 0.2) is 12.2 Å². The Morgan fingerprint density at radius 2 is 1.82 bits per heavy atom. The molecule has 7 nitrogen and oxygen atoms in total. The molecule has 0 aliphatic heterocycles. The van der Waals surface area contributed by atoms with E-state index in [1.54, 1.807) is 0 Å². The van der Waals surface area contributed by atoms with Crippen LogP contribution >= 0.6 is 0 Å². The highest BCUT2D eigenvalue weighted by Crippen LogP contribution is 2.00. The maximum atomic E-state index is 11.1. The summed E-state index contributed by atoms with van der Waals surface area (Å²) < 4.78 is 13.7. The number of hydrogen-bond acceptors (Lipinski definition) is 6. The minimum atomic E-state index is -1.20. The second-order valence-electron chi connectivity index (χ2n) is 2.96. The van der Waals surface area contributed by atoms with Gasteiger partial charge >= 0.3 is 17.9 Å². The molecule has 1 N–H and O–H groups in total. The van der Waals surface area contributed by atoms with Crippen molar-refractivity contribution in [2.45, 2.75) is 6.42 Å². The van der Waals surface area contributed by atoms with Crippen molar-refractivity contribution >= 4 is 17.9 Å². The minimum absolute atomic E-state index is 0.0585. The number of methoxy groups -OCH3 is 1. The standard InChI is InChI=1S/C10H14O7/c1-7(5-8(11)12)10(14)17-6-9(13)16-4-3-15-2/h1,3-6H2,2H3,(H,11,12). The van der Waals surface area contributed by atoms with E-state index in [-0.39, 0.29) is 18.8 Å². The fourth-order valence-electron chi connectivity index (χ4n) is 0.762. The molecule has 0 aliphatic rings. The lowest BCUT2D eigenvalue weighted by Crippen LogP contribution is -2.19. The molecule has 0 aromatic heterocycles. The first-order valence-electron chi connectivity index (χ1n) is 4.68. The highest BCUT2D eigenvalue weighted by atomic mass is 16.6. The molecular formula is C10H14O7.